The number of hydrogen-bond acceptors (Lipinski definition) is 5. The quantitative estimate of drug-likeness (QED) is 0.689. The van der Waals surface area contributed by atoms with Gasteiger partial charge in [-0.1, -0.05) is 47.6 Å². The molecule has 4 rings (SSSR count). The number of aliphatic hydroxyl groups is 1. The molecule has 0 spiro atoms. The van der Waals surface area contributed by atoms with Crippen molar-refractivity contribution in [3.63, 3.8) is 0 Å². The zero-order valence-corrected chi connectivity index (χ0v) is 15.8. The fourth-order valence-corrected chi connectivity index (χ4v) is 3.80. The third-order valence-electron chi connectivity index (χ3n) is 5.21. The Morgan fingerprint density at radius 1 is 1.25 bits per heavy atom. The van der Waals surface area contributed by atoms with Crippen molar-refractivity contribution in [2.75, 3.05) is 19.6 Å². The molecule has 6 heteroatoms. The summed E-state index contributed by atoms with van der Waals surface area (Å²) in [6.07, 6.45) is 2.28. The number of aromatic nitrogens is 1. The second kappa shape index (κ2) is 8.54. The Morgan fingerprint density at radius 3 is 3.00 bits per heavy atom. The molecule has 1 amide bonds. The van der Waals surface area contributed by atoms with E-state index >= 15 is 0 Å². The summed E-state index contributed by atoms with van der Waals surface area (Å²) in [4.78, 5) is 14.5. The molecule has 1 saturated heterocycles. The van der Waals surface area contributed by atoms with Crippen LogP contribution >= 0.6 is 0 Å². The van der Waals surface area contributed by atoms with E-state index in [0.717, 1.165) is 25.8 Å². The molecule has 2 aromatic carbocycles. The van der Waals surface area contributed by atoms with Gasteiger partial charge < -0.3 is 14.9 Å². The van der Waals surface area contributed by atoms with Crippen LogP contribution in [0.2, 0.25) is 0 Å². The molecule has 3 aromatic rings. The molecule has 1 aromatic heterocycles. The molecule has 1 aliphatic heterocycles. The molecule has 1 aliphatic rings. The van der Waals surface area contributed by atoms with Crippen LogP contribution in [0.1, 0.15) is 34.7 Å². The van der Waals surface area contributed by atoms with Gasteiger partial charge in [-0.2, -0.15) is 0 Å². The van der Waals surface area contributed by atoms with E-state index in [1.165, 1.54) is 16.3 Å². The highest BCUT2D eigenvalue weighted by atomic mass is 16.5. The van der Waals surface area contributed by atoms with E-state index in [4.69, 9.17) is 4.52 Å². The topological polar surface area (TPSA) is 78.6 Å². The molecule has 2 heterocycles. The maximum Gasteiger partial charge on any atom is 0.273 e. The van der Waals surface area contributed by atoms with E-state index in [9.17, 15) is 9.90 Å². The molecular formula is C22H25N3O3. The number of nitrogens with one attached hydrogen (secondary N) is 1. The minimum absolute atomic E-state index is 0.228. The van der Waals surface area contributed by atoms with Crippen molar-refractivity contribution in [1.29, 1.82) is 0 Å². The summed E-state index contributed by atoms with van der Waals surface area (Å²) >= 11 is 0. The van der Waals surface area contributed by atoms with Gasteiger partial charge in [-0.25, -0.2) is 0 Å². The van der Waals surface area contributed by atoms with Crippen LogP contribution in [0, 0.1) is 0 Å². The molecule has 1 fully saturated rings. The van der Waals surface area contributed by atoms with Gasteiger partial charge in [0, 0.05) is 19.2 Å². The number of β-amino-alcohol motifs (C(OH)–C–C–N with tert-alkyl or cyclic N) is 1. The Morgan fingerprint density at radius 2 is 2.11 bits per heavy atom. The van der Waals surface area contributed by atoms with Crippen molar-refractivity contribution >= 4 is 16.7 Å². The number of fused-ring (bicyclic) bond motifs is 1. The smallest absolute Gasteiger partial charge is 0.273 e. The maximum absolute atomic E-state index is 12.4. The molecule has 0 radical (unpaired) electrons. The van der Waals surface area contributed by atoms with E-state index in [1.54, 1.807) is 6.07 Å². The summed E-state index contributed by atoms with van der Waals surface area (Å²) in [6, 6.07) is 16.2. The zero-order valence-electron chi connectivity index (χ0n) is 15.8. The van der Waals surface area contributed by atoms with Gasteiger partial charge >= 0.3 is 0 Å². The molecule has 0 saturated carbocycles. The second-order valence-corrected chi connectivity index (χ2v) is 7.35. The second-order valence-electron chi connectivity index (χ2n) is 7.35. The van der Waals surface area contributed by atoms with Gasteiger partial charge in [0.1, 0.15) is 0 Å². The number of aliphatic hydroxyl groups excluding tert-OH is 1. The van der Waals surface area contributed by atoms with Crippen molar-refractivity contribution in [3.8, 4) is 0 Å². The van der Waals surface area contributed by atoms with E-state index in [-0.39, 0.29) is 12.0 Å². The van der Waals surface area contributed by atoms with Gasteiger partial charge in [0.05, 0.1) is 12.6 Å². The summed E-state index contributed by atoms with van der Waals surface area (Å²) in [7, 11) is 0. The average Bonchev–Trinajstić information content (AvgIpc) is 3.17. The number of carbonyl (C=O) groups is 1. The van der Waals surface area contributed by atoms with E-state index in [0.29, 0.717) is 31.1 Å². The Hall–Kier alpha value is -2.70. The number of rotatable bonds is 6. The lowest BCUT2D eigenvalue weighted by Crippen LogP contribution is -2.37. The predicted octanol–water partition coefficient (Wildman–Crippen LogP) is 2.76. The predicted molar refractivity (Wildman–Crippen MR) is 107 cm³/mol. The van der Waals surface area contributed by atoms with Crippen LogP contribution in [0.3, 0.4) is 0 Å². The van der Waals surface area contributed by atoms with Crippen LogP contribution in [0.15, 0.2) is 53.1 Å². The third kappa shape index (κ3) is 4.40. The lowest BCUT2D eigenvalue weighted by molar-refractivity contribution is 0.0622. The monoisotopic (exact) mass is 379 g/mol. The molecule has 2 N–H and O–H groups in total. The molecular weight excluding hydrogens is 354 g/mol. The summed E-state index contributed by atoms with van der Waals surface area (Å²) in [5.74, 6) is 0.419. The Balaban J connectivity index is 1.31. The van der Waals surface area contributed by atoms with Crippen LogP contribution in [0.4, 0.5) is 0 Å². The lowest BCUT2D eigenvalue weighted by atomic mass is 10.0. The molecule has 146 valence electrons. The Bertz CT molecular complexity index is 948. The van der Waals surface area contributed by atoms with Gasteiger partial charge in [-0.05, 0) is 42.1 Å². The first kappa shape index (κ1) is 18.7. The van der Waals surface area contributed by atoms with Crippen molar-refractivity contribution in [2.45, 2.75) is 31.9 Å². The first-order valence-corrected chi connectivity index (χ1v) is 9.80. The third-order valence-corrected chi connectivity index (χ3v) is 5.21. The lowest BCUT2D eigenvalue weighted by Gasteiger charge is -2.28. The maximum atomic E-state index is 12.4. The molecule has 1 atom stereocenters. The number of carbonyl (C=O) groups excluding carboxylic acids is 1. The average molecular weight is 379 g/mol. The normalized spacial score (nSPS) is 17.7. The van der Waals surface area contributed by atoms with Gasteiger partial charge in [0.2, 0.25) is 0 Å². The number of piperidine rings is 1. The van der Waals surface area contributed by atoms with Gasteiger partial charge in [-0.3, -0.25) is 9.69 Å². The van der Waals surface area contributed by atoms with E-state index in [2.05, 4.69) is 39.6 Å². The minimum Gasteiger partial charge on any atom is -0.392 e. The van der Waals surface area contributed by atoms with Gasteiger partial charge in [0.15, 0.2) is 11.5 Å². The van der Waals surface area contributed by atoms with Crippen LogP contribution < -0.4 is 5.32 Å². The van der Waals surface area contributed by atoms with Crippen molar-refractivity contribution < 1.29 is 14.4 Å². The van der Waals surface area contributed by atoms with Crippen molar-refractivity contribution in [1.82, 2.24) is 15.4 Å². The van der Waals surface area contributed by atoms with Crippen LogP contribution in [-0.4, -0.2) is 46.8 Å². The Kier molecular flexibility index (Phi) is 5.69. The summed E-state index contributed by atoms with van der Waals surface area (Å²) in [5, 5.41) is 19.0. The van der Waals surface area contributed by atoms with Crippen LogP contribution in [0.25, 0.3) is 10.8 Å². The summed E-state index contributed by atoms with van der Waals surface area (Å²) in [6.45, 7) is 2.65. The molecule has 0 unspecified atom stereocenters. The molecule has 6 nitrogen and oxygen atoms in total. The number of benzene rings is 2. The standard InChI is InChI=1S/C22H25N3O3/c26-18-8-4-12-25(14-18)15-19-13-21(24-28-19)22(27)23-11-10-17-7-3-6-16-5-1-2-9-20(16)17/h1-3,5-7,9,13,18,26H,4,8,10-12,14-15H2,(H,23,27)/t18-/m0/s1. The van der Waals surface area contributed by atoms with E-state index in [1.807, 2.05) is 18.2 Å². The van der Waals surface area contributed by atoms with E-state index < -0.39 is 0 Å². The fourth-order valence-electron chi connectivity index (χ4n) is 3.80. The highest BCUT2D eigenvalue weighted by molar-refractivity contribution is 5.92. The summed E-state index contributed by atoms with van der Waals surface area (Å²) in [5.41, 5.74) is 1.51. The highest BCUT2D eigenvalue weighted by Crippen LogP contribution is 2.19. The minimum atomic E-state index is -0.284. The zero-order chi connectivity index (χ0) is 19.3. The van der Waals surface area contributed by atoms with Crippen LogP contribution in [-0.2, 0) is 13.0 Å². The van der Waals surface area contributed by atoms with Gasteiger partial charge in [0.25, 0.3) is 5.91 Å². The van der Waals surface area contributed by atoms with Crippen molar-refractivity contribution in [2.24, 2.45) is 0 Å². The highest BCUT2D eigenvalue weighted by Gasteiger charge is 2.20. The molecule has 28 heavy (non-hydrogen) atoms. The first-order chi connectivity index (χ1) is 13.7. The number of likely N-dealkylation sites (tertiary alicyclic amines) is 1. The first-order valence-electron chi connectivity index (χ1n) is 9.80. The molecule has 0 bridgehead atoms. The number of amides is 1. The van der Waals surface area contributed by atoms with Gasteiger partial charge in [-0.15, -0.1) is 0 Å². The molecule has 0 aliphatic carbocycles. The number of nitrogens with zero attached hydrogens (tertiary/aromatic N) is 2. The summed E-state index contributed by atoms with van der Waals surface area (Å²) < 4.78 is 5.31. The number of hydrogen-bond donors (Lipinski definition) is 2. The van der Waals surface area contributed by atoms with Crippen LogP contribution in [0.5, 0.6) is 0 Å². The largest absolute Gasteiger partial charge is 0.392 e. The fraction of sp³-hybridized carbons (Fsp3) is 0.364. The SMILES string of the molecule is O=C(NCCc1cccc2ccccc12)c1cc(CN2CCC[C@H](O)C2)on1. The van der Waals surface area contributed by atoms with Crippen molar-refractivity contribution in [3.05, 3.63) is 65.5 Å². The Labute approximate surface area is 164 Å².